The molecule has 104 valence electrons. The molecule has 3 N–H and O–H groups in total. The van der Waals surface area contributed by atoms with Gasteiger partial charge >= 0.3 is 11.9 Å². The minimum atomic E-state index is -1.06. The Morgan fingerprint density at radius 2 is 2.16 bits per heavy atom. The van der Waals surface area contributed by atoms with Crippen LogP contribution in [0.1, 0.15) is 12.5 Å². The summed E-state index contributed by atoms with van der Waals surface area (Å²) < 4.78 is 9.97. The zero-order chi connectivity index (χ0) is 14.3. The van der Waals surface area contributed by atoms with Gasteiger partial charge in [-0.1, -0.05) is 12.1 Å². The van der Waals surface area contributed by atoms with Gasteiger partial charge in [0.25, 0.3) is 0 Å². The Hall–Kier alpha value is -2.08. The van der Waals surface area contributed by atoms with Gasteiger partial charge in [-0.2, -0.15) is 0 Å². The lowest BCUT2D eigenvalue weighted by Crippen LogP contribution is -2.32. The first kappa shape index (κ1) is 15.0. The number of carboxylic acid groups (broad SMARTS) is 1. The number of nitrogens with two attached hydrogens (primary N) is 1. The summed E-state index contributed by atoms with van der Waals surface area (Å²) in [6, 6.07) is 5.84. The maximum absolute atomic E-state index is 11.1. The molecule has 19 heavy (non-hydrogen) atoms. The van der Waals surface area contributed by atoms with E-state index in [2.05, 4.69) is 0 Å². The Kier molecular flexibility index (Phi) is 5.81. The first-order chi connectivity index (χ1) is 9.02. The van der Waals surface area contributed by atoms with Crippen LogP contribution >= 0.6 is 0 Å². The largest absolute Gasteiger partial charge is 0.482 e. The highest BCUT2D eigenvalue weighted by atomic mass is 16.6. The lowest BCUT2D eigenvalue weighted by atomic mass is 10.1. The fraction of sp³-hybridized carbons (Fsp3) is 0.385. The van der Waals surface area contributed by atoms with Crippen LogP contribution in [0.5, 0.6) is 5.75 Å². The van der Waals surface area contributed by atoms with Crippen LogP contribution in [0.4, 0.5) is 0 Å². The Labute approximate surface area is 111 Å². The van der Waals surface area contributed by atoms with E-state index in [1.807, 2.05) is 0 Å². The molecule has 0 aliphatic carbocycles. The van der Waals surface area contributed by atoms with E-state index in [1.54, 1.807) is 31.2 Å². The maximum Gasteiger partial charge on any atom is 0.344 e. The van der Waals surface area contributed by atoms with Gasteiger partial charge in [0.15, 0.2) is 6.61 Å². The summed E-state index contributed by atoms with van der Waals surface area (Å²) in [5, 5.41) is 8.73. The van der Waals surface area contributed by atoms with Crippen molar-refractivity contribution in [1.29, 1.82) is 0 Å². The number of carbonyl (C=O) groups excluding carboxylic acids is 1. The second kappa shape index (κ2) is 7.38. The van der Waals surface area contributed by atoms with Crippen LogP contribution in [-0.4, -0.2) is 36.3 Å². The monoisotopic (exact) mass is 267 g/mol. The van der Waals surface area contributed by atoms with Crippen LogP contribution in [0.2, 0.25) is 0 Å². The van der Waals surface area contributed by atoms with E-state index in [0.29, 0.717) is 12.4 Å². The van der Waals surface area contributed by atoms with Crippen molar-refractivity contribution in [3.05, 3.63) is 29.8 Å². The average molecular weight is 267 g/mol. The lowest BCUT2D eigenvalue weighted by molar-refractivity contribution is -0.145. The van der Waals surface area contributed by atoms with E-state index in [9.17, 15) is 9.59 Å². The van der Waals surface area contributed by atoms with Gasteiger partial charge in [0, 0.05) is 0 Å². The molecule has 6 heteroatoms. The number of esters is 1. The maximum atomic E-state index is 11.1. The molecule has 0 saturated heterocycles. The van der Waals surface area contributed by atoms with E-state index in [0.717, 1.165) is 5.56 Å². The van der Waals surface area contributed by atoms with Gasteiger partial charge in [-0.3, -0.25) is 4.79 Å². The lowest BCUT2D eigenvalue weighted by Gasteiger charge is -2.09. The zero-order valence-electron chi connectivity index (χ0n) is 10.7. The molecule has 0 aromatic heterocycles. The van der Waals surface area contributed by atoms with Crippen LogP contribution < -0.4 is 10.5 Å². The summed E-state index contributed by atoms with van der Waals surface area (Å²) in [6.07, 6.45) is 0.200. The molecule has 0 amide bonds. The molecule has 0 aliphatic heterocycles. The molecule has 0 fully saturated rings. The molecule has 0 saturated carbocycles. The van der Waals surface area contributed by atoms with Crippen molar-refractivity contribution >= 4 is 11.9 Å². The topological polar surface area (TPSA) is 98.9 Å². The minimum absolute atomic E-state index is 0.178. The molecule has 1 aromatic carbocycles. The highest BCUT2D eigenvalue weighted by Crippen LogP contribution is 2.14. The fourth-order valence-corrected chi connectivity index (χ4v) is 1.45. The van der Waals surface area contributed by atoms with Gasteiger partial charge in [0.1, 0.15) is 11.8 Å². The van der Waals surface area contributed by atoms with Crippen molar-refractivity contribution < 1.29 is 24.2 Å². The van der Waals surface area contributed by atoms with Crippen molar-refractivity contribution in [3.8, 4) is 5.75 Å². The van der Waals surface area contributed by atoms with E-state index >= 15 is 0 Å². The highest BCUT2D eigenvalue weighted by molar-refractivity contribution is 5.73. The Morgan fingerprint density at radius 3 is 2.79 bits per heavy atom. The van der Waals surface area contributed by atoms with Crippen molar-refractivity contribution in [2.45, 2.75) is 19.4 Å². The van der Waals surface area contributed by atoms with Gasteiger partial charge in [-0.15, -0.1) is 0 Å². The van der Waals surface area contributed by atoms with Crippen LogP contribution in [0.15, 0.2) is 24.3 Å². The van der Waals surface area contributed by atoms with E-state index in [1.165, 1.54) is 0 Å². The summed E-state index contributed by atoms with van der Waals surface area (Å²) in [4.78, 5) is 21.8. The van der Waals surface area contributed by atoms with E-state index in [4.69, 9.17) is 20.3 Å². The summed E-state index contributed by atoms with van der Waals surface area (Å²) >= 11 is 0. The number of hydrogen-bond donors (Lipinski definition) is 2. The van der Waals surface area contributed by atoms with Gasteiger partial charge < -0.3 is 20.3 Å². The smallest absolute Gasteiger partial charge is 0.344 e. The summed E-state index contributed by atoms with van der Waals surface area (Å²) in [7, 11) is 0. The Balaban J connectivity index is 2.57. The predicted octanol–water partition coefficient (Wildman–Crippen LogP) is 0.583. The van der Waals surface area contributed by atoms with Crippen LogP contribution in [0.25, 0.3) is 0 Å². The Bertz CT molecular complexity index is 446. The molecular weight excluding hydrogens is 250 g/mol. The van der Waals surface area contributed by atoms with E-state index < -0.39 is 18.0 Å². The highest BCUT2D eigenvalue weighted by Gasteiger charge is 2.12. The average Bonchev–Trinajstić information content (AvgIpc) is 2.37. The molecule has 0 spiro atoms. The molecule has 0 heterocycles. The quantitative estimate of drug-likeness (QED) is 0.701. The van der Waals surface area contributed by atoms with Crippen LogP contribution in [0.3, 0.4) is 0 Å². The van der Waals surface area contributed by atoms with Crippen molar-refractivity contribution in [2.24, 2.45) is 5.73 Å². The first-order valence-corrected chi connectivity index (χ1v) is 5.88. The molecule has 0 radical (unpaired) electrons. The molecule has 1 rings (SSSR count). The van der Waals surface area contributed by atoms with Gasteiger partial charge in [-0.25, -0.2) is 4.79 Å². The normalized spacial score (nSPS) is 11.7. The standard InChI is InChI=1S/C13H17NO5/c1-2-18-12(15)8-19-10-5-3-4-9(6-10)7-11(14)13(16)17/h3-6,11H,2,7-8,14H2,1H3,(H,16,17). The Morgan fingerprint density at radius 1 is 1.42 bits per heavy atom. The third-order valence-electron chi connectivity index (χ3n) is 2.33. The van der Waals surface area contributed by atoms with Crippen molar-refractivity contribution in [3.63, 3.8) is 0 Å². The summed E-state index contributed by atoms with van der Waals surface area (Å²) in [5.74, 6) is -1.03. The number of ether oxygens (including phenoxy) is 2. The molecule has 1 atom stereocenters. The third-order valence-corrected chi connectivity index (χ3v) is 2.33. The van der Waals surface area contributed by atoms with Crippen LogP contribution in [-0.2, 0) is 20.7 Å². The molecule has 1 aromatic rings. The second-order valence-corrected chi connectivity index (χ2v) is 3.89. The van der Waals surface area contributed by atoms with Gasteiger partial charge in [-0.05, 0) is 31.0 Å². The number of hydrogen-bond acceptors (Lipinski definition) is 5. The number of carbonyl (C=O) groups is 2. The molecule has 0 bridgehead atoms. The fourth-order valence-electron chi connectivity index (χ4n) is 1.45. The molecular formula is C13H17NO5. The van der Waals surface area contributed by atoms with E-state index in [-0.39, 0.29) is 13.0 Å². The predicted molar refractivity (Wildman–Crippen MR) is 67.9 cm³/mol. The summed E-state index contributed by atoms with van der Waals surface area (Å²) in [6.45, 7) is 1.84. The van der Waals surface area contributed by atoms with Crippen molar-refractivity contribution in [2.75, 3.05) is 13.2 Å². The number of carboxylic acids is 1. The first-order valence-electron chi connectivity index (χ1n) is 5.88. The number of rotatable bonds is 7. The SMILES string of the molecule is CCOC(=O)COc1cccc(CC(N)C(=O)O)c1. The van der Waals surface area contributed by atoms with Crippen molar-refractivity contribution in [1.82, 2.24) is 0 Å². The number of benzene rings is 1. The van der Waals surface area contributed by atoms with Gasteiger partial charge in [0.2, 0.25) is 0 Å². The molecule has 0 aliphatic rings. The summed E-state index contributed by atoms with van der Waals surface area (Å²) in [5.41, 5.74) is 6.18. The second-order valence-electron chi connectivity index (χ2n) is 3.89. The molecule has 1 unspecified atom stereocenters. The minimum Gasteiger partial charge on any atom is -0.482 e. The molecule has 6 nitrogen and oxygen atoms in total. The third kappa shape index (κ3) is 5.39. The van der Waals surface area contributed by atoms with Crippen LogP contribution in [0, 0.1) is 0 Å². The number of aliphatic carboxylic acids is 1. The van der Waals surface area contributed by atoms with Gasteiger partial charge in [0.05, 0.1) is 6.61 Å². The zero-order valence-corrected chi connectivity index (χ0v) is 10.7.